The summed E-state index contributed by atoms with van der Waals surface area (Å²) < 4.78 is 7.83. The fourth-order valence-electron chi connectivity index (χ4n) is 3.74. The van der Waals surface area contributed by atoms with Crippen LogP contribution >= 0.6 is 12.2 Å². The minimum absolute atomic E-state index is 0.0586. The summed E-state index contributed by atoms with van der Waals surface area (Å²) in [5.41, 5.74) is 2.98. The van der Waals surface area contributed by atoms with Crippen molar-refractivity contribution in [3.8, 4) is 34.3 Å². The highest BCUT2D eigenvalue weighted by molar-refractivity contribution is 7.71. The Hall–Kier alpha value is -3.00. The van der Waals surface area contributed by atoms with E-state index in [4.69, 9.17) is 17.0 Å². The van der Waals surface area contributed by atoms with Crippen LogP contribution in [0.1, 0.15) is 39.7 Å². The molecule has 7 nitrogen and oxygen atoms in total. The van der Waals surface area contributed by atoms with Gasteiger partial charge in [-0.15, -0.1) is 0 Å². The number of phenols is 2. The topological polar surface area (TPSA) is 86.5 Å². The van der Waals surface area contributed by atoms with E-state index < -0.39 is 0 Å². The van der Waals surface area contributed by atoms with Gasteiger partial charge >= 0.3 is 0 Å². The monoisotopic (exact) mass is 442 g/mol. The molecule has 0 amide bonds. The predicted molar refractivity (Wildman–Crippen MR) is 126 cm³/mol. The zero-order valence-corrected chi connectivity index (χ0v) is 19.5. The lowest BCUT2D eigenvalue weighted by Gasteiger charge is -2.30. The van der Waals surface area contributed by atoms with E-state index in [2.05, 4.69) is 35.9 Å². The fraction of sp³-hybridized carbons (Fsp3) is 0.391. The average Bonchev–Trinajstić information content (AvgIpc) is 3.12. The molecule has 0 bridgehead atoms. The van der Waals surface area contributed by atoms with Gasteiger partial charge in [0, 0.05) is 18.7 Å². The van der Waals surface area contributed by atoms with Crippen LogP contribution in [0.15, 0.2) is 30.3 Å². The first kappa shape index (κ1) is 22.7. The quantitative estimate of drug-likeness (QED) is 0.416. The summed E-state index contributed by atoms with van der Waals surface area (Å²) in [6, 6.07) is 9.24. The second-order valence-corrected chi connectivity index (χ2v) is 8.07. The van der Waals surface area contributed by atoms with Crippen LogP contribution in [-0.4, -0.2) is 44.7 Å². The first-order valence-electron chi connectivity index (χ1n) is 10.5. The van der Waals surface area contributed by atoms with Crippen LogP contribution in [0.5, 0.6) is 17.2 Å². The van der Waals surface area contributed by atoms with Crippen LogP contribution in [-0.2, 0) is 6.42 Å². The second-order valence-electron chi connectivity index (χ2n) is 7.68. The van der Waals surface area contributed by atoms with Crippen molar-refractivity contribution < 1.29 is 14.9 Å². The Kier molecular flexibility index (Phi) is 6.90. The van der Waals surface area contributed by atoms with E-state index in [0.717, 1.165) is 35.7 Å². The maximum Gasteiger partial charge on any atom is 0.200 e. The van der Waals surface area contributed by atoms with E-state index in [0.29, 0.717) is 22.6 Å². The number of aromatic amines is 1. The van der Waals surface area contributed by atoms with Crippen LogP contribution in [0.4, 0.5) is 5.69 Å². The van der Waals surface area contributed by atoms with Gasteiger partial charge in [0.15, 0.2) is 10.6 Å². The number of nitrogens with zero attached hydrogens (tertiary/aromatic N) is 3. The summed E-state index contributed by atoms with van der Waals surface area (Å²) in [5.74, 6) is 1.25. The molecule has 166 valence electrons. The largest absolute Gasteiger partial charge is 0.508 e. The normalized spacial score (nSPS) is 11.2. The predicted octanol–water partition coefficient (Wildman–Crippen LogP) is 5.20. The highest BCUT2D eigenvalue weighted by atomic mass is 32.1. The molecular weight excluding hydrogens is 412 g/mol. The van der Waals surface area contributed by atoms with Gasteiger partial charge in [0.2, 0.25) is 0 Å². The van der Waals surface area contributed by atoms with E-state index in [1.54, 1.807) is 17.7 Å². The van der Waals surface area contributed by atoms with Crippen molar-refractivity contribution in [1.82, 2.24) is 14.8 Å². The van der Waals surface area contributed by atoms with Gasteiger partial charge in [-0.2, -0.15) is 5.10 Å². The molecule has 3 aromatic rings. The molecule has 1 heterocycles. The van der Waals surface area contributed by atoms with E-state index in [-0.39, 0.29) is 17.5 Å². The van der Waals surface area contributed by atoms with Crippen molar-refractivity contribution in [2.45, 2.75) is 46.6 Å². The van der Waals surface area contributed by atoms with Gasteiger partial charge in [0.05, 0.1) is 24.0 Å². The maximum absolute atomic E-state index is 10.5. The van der Waals surface area contributed by atoms with Crippen molar-refractivity contribution in [2.75, 3.05) is 18.6 Å². The number of aromatic hydroxyl groups is 2. The standard InChI is InChI=1S/C23H30N4O3S/c1-6-10-26(14(3)4)18-12-16(8-9-21(18)30-5)27-22(24-25-23(27)31)17-11-15(7-2)19(28)13-20(17)29/h8-9,11-14,28-29H,6-7,10H2,1-5H3,(H,25,31). The summed E-state index contributed by atoms with van der Waals surface area (Å²) in [5, 5.41) is 27.8. The highest BCUT2D eigenvalue weighted by Crippen LogP contribution is 2.37. The Morgan fingerprint density at radius 1 is 1.16 bits per heavy atom. The summed E-state index contributed by atoms with van der Waals surface area (Å²) >= 11 is 5.53. The lowest BCUT2D eigenvalue weighted by atomic mass is 10.1. The van der Waals surface area contributed by atoms with Gasteiger partial charge in [-0.05, 0) is 68.7 Å². The molecule has 8 heteroatoms. The van der Waals surface area contributed by atoms with Crippen LogP contribution in [0.3, 0.4) is 0 Å². The Morgan fingerprint density at radius 3 is 2.52 bits per heavy atom. The average molecular weight is 443 g/mol. The molecule has 3 rings (SSSR count). The summed E-state index contributed by atoms with van der Waals surface area (Å²) in [6.07, 6.45) is 1.63. The maximum atomic E-state index is 10.5. The Labute approximate surface area is 187 Å². The highest BCUT2D eigenvalue weighted by Gasteiger charge is 2.20. The van der Waals surface area contributed by atoms with Gasteiger partial charge in [-0.25, -0.2) is 0 Å². The minimum Gasteiger partial charge on any atom is -0.508 e. The van der Waals surface area contributed by atoms with Gasteiger partial charge in [-0.3, -0.25) is 9.67 Å². The lowest BCUT2D eigenvalue weighted by molar-refractivity contribution is 0.413. The van der Waals surface area contributed by atoms with Crippen molar-refractivity contribution in [2.24, 2.45) is 0 Å². The Morgan fingerprint density at radius 2 is 1.90 bits per heavy atom. The molecular formula is C23H30N4O3S. The number of methoxy groups -OCH3 is 1. The van der Waals surface area contributed by atoms with Crippen molar-refractivity contribution in [3.63, 3.8) is 0 Å². The first-order valence-corrected chi connectivity index (χ1v) is 10.9. The first-order chi connectivity index (χ1) is 14.8. The molecule has 0 aliphatic carbocycles. The molecule has 0 unspecified atom stereocenters. The smallest absolute Gasteiger partial charge is 0.200 e. The molecule has 0 spiro atoms. The fourth-order valence-corrected chi connectivity index (χ4v) is 3.98. The van der Waals surface area contributed by atoms with Gasteiger partial charge < -0.3 is 19.8 Å². The molecule has 0 fully saturated rings. The zero-order valence-electron chi connectivity index (χ0n) is 18.6. The van der Waals surface area contributed by atoms with Crippen LogP contribution in [0, 0.1) is 4.77 Å². The number of benzene rings is 2. The number of ether oxygens (including phenoxy) is 1. The molecule has 1 aromatic heterocycles. The second kappa shape index (κ2) is 9.43. The molecule has 0 radical (unpaired) electrons. The number of H-pyrrole nitrogens is 1. The summed E-state index contributed by atoms with van der Waals surface area (Å²) in [6.45, 7) is 9.28. The molecule has 0 aliphatic heterocycles. The van der Waals surface area contributed by atoms with E-state index in [9.17, 15) is 10.2 Å². The molecule has 0 saturated carbocycles. The third-order valence-corrected chi connectivity index (χ3v) is 5.58. The molecule has 2 aromatic carbocycles. The van der Waals surface area contributed by atoms with Gasteiger partial charge in [0.1, 0.15) is 17.2 Å². The summed E-state index contributed by atoms with van der Waals surface area (Å²) in [7, 11) is 1.67. The van der Waals surface area contributed by atoms with Crippen molar-refractivity contribution >= 4 is 17.9 Å². The zero-order chi connectivity index (χ0) is 22.7. The van der Waals surface area contributed by atoms with Crippen molar-refractivity contribution in [1.29, 1.82) is 0 Å². The number of rotatable bonds is 8. The van der Waals surface area contributed by atoms with E-state index in [1.165, 1.54) is 6.07 Å². The lowest BCUT2D eigenvalue weighted by Crippen LogP contribution is -2.31. The SMILES string of the molecule is CCCN(c1cc(-n2c(-c3cc(CC)c(O)cc3O)n[nH]c2=S)ccc1OC)C(C)C. The number of aromatic nitrogens is 3. The van der Waals surface area contributed by atoms with Crippen LogP contribution < -0.4 is 9.64 Å². The molecule has 3 N–H and O–H groups in total. The van der Waals surface area contributed by atoms with Crippen LogP contribution in [0.2, 0.25) is 0 Å². The number of aryl methyl sites for hydroxylation is 1. The summed E-state index contributed by atoms with van der Waals surface area (Å²) in [4.78, 5) is 2.29. The molecule has 31 heavy (non-hydrogen) atoms. The Balaban J connectivity index is 2.21. The molecule has 0 saturated heterocycles. The Bertz CT molecular complexity index is 1120. The van der Waals surface area contributed by atoms with E-state index >= 15 is 0 Å². The van der Waals surface area contributed by atoms with Crippen molar-refractivity contribution in [3.05, 3.63) is 40.7 Å². The minimum atomic E-state index is -0.0616. The number of phenolic OH excluding ortho intramolecular Hbond substituents is 2. The van der Waals surface area contributed by atoms with Crippen LogP contribution in [0.25, 0.3) is 17.1 Å². The number of hydrogen-bond acceptors (Lipinski definition) is 6. The van der Waals surface area contributed by atoms with Gasteiger partial charge in [-0.1, -0.05) is 13.8 Å². The number of nitrogens with one attached hydrogen (secondary N) is 1. The van der Waals surface area contributed by atoms with E-state index in [1.807, 2.05) is 25.1 Å². The molecule has 0 aliphatic rings. The molecule has 0 atom stereocenters. The van der Waals surface area contributed by atoms with Gasteiger partial charge in [0.25, 0.3) is 0 Å². The number of anilines is 1. The third-order valence-electron chi connectivity index (χ3n) is 5.31. The number of hydrogen-bond donors (Lipinski definition) is 3. The third kappa shape index (κ3) is 4.39.